The van der Waals surface area contributed by atoms with Gasteiger partial charge in [-0.15, -0.1) is 10.2 Å². The number of nitrogen functional groups attached to an aromatic ring is 1. The summed E-state index contributed by atoms with van der Waals surface area (Å²) in [5.41, 5.74) is 1.25. The van der Waals surface area contributed by atoms with E-state index in [2.05, 4.69) is 15.5 Å². The van der Waals surface area contributed by atoms with E-state index in [9.17, 15) is 9.59 Å². The number of carbonyl (C=O) groups is 1. The van der Waals surface area contributed by atoms with E-state index in [0.29, 0.717) is 18.0 Å². The molecule has 0 atom stereocenters. The Bertz CT molecular complexity index is 1100. The molecule has 0 fully saturated rings. The molecule has 0 saturated carbocycles. The Morgan fingerprint density at radius 3 is 2.65 bits per heavy atom. The molecule has 1 heterocycles. The normalized spacial score (nSPS) is 10.5. The first-order valence-electron chi connectivity index (χ1n) is 9.52. The van der Waals surface area contributed by atoms with E-state index in [0.717, 1.165) is 27.8 Å². The minimum absolute atomic E-state index is 0.0146. The second kappa shape index (κ2) is 10.5. The summed E-state index contributed by atoms with van der Waals surface area (Å²) in [5.74, 6) is 7.02. The monoisotopic (exact) mass is 441 g/mol. The first-order chi connectivity index (χ1) is 15.0. The molecule has 2 aromatic carbocycles. The number of nitrogens with two attached hydrogens (primary N) is 1. The number of benzene rings is 2. The van der Waals surface area contributed by atoms with Crippen molar-refractivity contribution in [3.05, 3.63) is 70.1 Å². The summed E-state index contributed by atoms with van der Waals surface area (Å²) >= 11 is 1.03. The van der Waals surface area contributed by atoms with Crippen LogP contribution in [0.2, 0.25) is 0 Å². The fourth-order valence-corrected chi connectivity index (χ4v) is 3.37. The number of methoxy groups -OCH3 is 1. The maximum Gasteiger partial charge on any atom is 0.294 e. The van der Waals surface area contributed by atoms with Gasteiger partial charge in [-0.2, -0.15) is 4.68 Å². The summed E-state index contributed by atoms with van der Waals surface area (Å²) < 4.78 is 11.5. The van der Waals surface area contributed by atoms with Crippen LogP contribution >= 0.6 is 11.8 Å². The van der Waals surface area contributed by atoms with E-state index in [1.54, 1.807) is 31.4 Å². The standard InChI is InChI=1S/C21H23N5O4S/c1-3-30-16-9-7-14(8-10-16)11-18-20(28)26(22)21(25-24-18)31-13-19(27)23-15-5-4-6-17(12-15)29-2/h4-10,12H,3,11,13,22H2,1-2H3,(H,23,27). The molecule has 0 unspecified atom stereocenters. The summed E-state index contributed by atoms with van der Waals surface area (Å²) in [6.07, 6.45) is 0.288. The minimum Gasteiger partial charge on any atom is -0.497 e. The lowest BCUT2D eigenvalue weighted by Gasteiger charge is -2.09. The van der Waals surface area contributed by atoms with Crippen molar-refractivity contribution in [3.63, 3.8) is 0 Å². The van der Waals surface area contributed by atoms with E-state index in [-0.39, 0.29) is 28.9 Å². The first-order valence-corrected chi connectivity index (χ1v) is 10.5. The van der Waals surface area contributed by atoms with Crippen LogP contribution in [0.15, 0.2) is 58.5 Å². The number of nitrogens with one attached hydrogen (secondary N) is 1. The van der Waals surface area contributed by atoms with E-state index >= 15 is 0 Å². The van der Waals surface area contributed by atoms with Crippen molar-refractivity contribution in [1.82, 2.24) is 14.9 Å². The third-order valence-electron chi connectivity index (χ3n) is 4.22. The highest BCUT2D eigenvalue weighted by atomic mass is 32.2. The molecule has 3 N–H and O–H groups in total. The Morgan fingerprint density at radius 1 is 1.16 bits per heavy atom. The van der Waals surface area contributed by atoms with Crippen molar-refractivity contribution in [2.45, 2.75) is 18.5 Å². The largest absolute Gasteiger partial charge is 0.497 e. The molecule has 3 aromatic rings. The third kappa shape index (κ3) is 5.98. The SMILES string of the molecule is CCOc1ccc(Cc2nnc(SCC(=O)Nc3cccc(OC)c3)n(N)c2=O)cc1. The number of amides is 1. The Kier molecular flexibility index (Phi) is 7.50. The van der Waals surface area contributed by atoms with E-state index < -0.39 is 5.56 Å². The van der Waals surface area contributed by atoms with Gasteiger partial charge in [0.2, 0.25) is 11.1 Å². The van der Waals surface area contributed by atoms with Crippen LogP contribution in [0.1, 0.15) is 18.2 Å². The molecule has 0 saturated heterocycles. The maximum atomic E-state index is 12.6. The number of aromatic nitrogens is 3. The fraction of sp³-hybridized carbons (Fsp3) is 0.238. The summed E-state index contributed by atoms with van der Waals surface area (Å²) in [7, 11) is 1.55. The number of ether oxygens (including phenoxy) is 2. The second-order valence-corrected chi connectivity index (χ2v) is 7.37. The van der Waals surface area contributed by atoms with Crippen LogP contribution in [0.3, 0.4) is 0 Å². The predicted molar refractivity (Wildman–Crippen MR) is 119 cm³/mol. The Hall–Kier alpha value is -3.53. The van der Waals surface area contributed by atoms with Crippen LogP contribution in [0.4, 0.5) is 5.69 Å². The quantitative estimate of drug-likeness (QED) is 0.382. The molecule has 0 aliphatic carbocycles. The zero-order valence-electron chi connectivity index (χ0n) is 17.2. The molecule has 0 aliphatic rings. The van der Waals surface area contributed by atoms with Crippen molar-refractivity contribution in [2.24, 2.45) is 0 Å². The summed E-state index contributed by atoms with van der Waals surface area (Å²) in [4.78, 5) is 24.8. The fourth-order valence-electron chi connectivity index (χ4n) is 2.72. The molecule has 1 amide bonds. The van der Waals surface area contributed by atoms with Gasteiger partial charge in [0.1, 0.15) is 17.2 Å². The van der Waals surface area contributed by atoms with Crippen molar-refractivity contribution in [2.75, 3.05) is 30.6 Å². The predicted octanol–water partition coefficient (Wildman–Crippen LogP) is 2.08. The molecule has 162 valence electrons. The molecule has 31 heavy (non-hydrogen) atoms. The van der Waals surface area contributed by atoms with Crippen LogP contribution < -0.4 is 26.2 Å². The number of thioether (sulfide) groups is 1. The lowest BCUT2D eigenvalue weighted by Crippen LogP contribution is -2.34. The first kappa shape index (κ1) is 22.2. The molecule has 0 radical (unpaired) electrons. The highest BCUT2D eigenvalue weighted by Crippen LogP contribution is 2.18. The van der Waals surface area contributed by atoms with Crippen molar-refractivity contribution in [3.8, 4) is 11.5 Å². The van der Waals surface area contributed by atoms with Crippen molar-refractivity contribution >= 4 is 23.4 Å². The van der Waals surface area contributed by atoms with Gasteiger partial charge < -0.3 is 20.6 Å². The molecule has 0 bridgehead atoms. The zero-order chi connectivity index (χ0) is 22.2. The van der Waals surface area contributed by atoms with Crippen molar-refractivity contribution in [1.29, 1.82) is 0 Å². The van der Waals surface area contributed by atoms with E-state index in [1.165, 1.54) is 0 Å². The summed E-state index contributed by atoms with van der Waals surface area (Å²) in [5, 5.41) is 10.9. The molecular formula is C21H23N5O4S. The number of nitrogens with zero attached hydrogens (tertiary/aromatic N) is 3. The van der Waals surface area contributed by atoms with Gasteiger partial charge >= 0.3 is 0 Å². The summed E-state index contributed by atoms with van der Waals surface area (Å²) in [6, 6.07) is 14.4. The van der Waals surface area contributed by atoms with Crippen LogP contribution in [0, 0.1) is 0 Å². The van der Waals surface area contributed by atoms with Crippen LogP contribution in [-0.2, 0) is 11.2 Å². The number of hydrogen-bond acceptors (Lipinski definition) is 8. The topological polar surface area (TPSA) is 121 Å². The highest BCUT2D eigenvalue weighted by molar-refractivity contribution is 7.99. The molecule has 0 aliphatic heterocycles. The Balaban J connectivity index is 1.62. The van der Waals surface area contributed by atoms with Crippen molar-refractivity contribution < 1.29 is 14.3 Å². The second-order valence-electron chi connectivity index (χ2n) is 6.43. The Morgan fingerprint density at radius 2 is 1.94 bits per heavy atom. The zero-order valence-corrected chi connectivity index (χ0v) is 18.0. The van der Waals surface area contributed by atoms with Gasteiger partial charge in [0.15, 0.2) is 0 Å². The molecule has 1 aromatic heterocycles. The molecule has 9 nitrogen and oxygen atoms in total. The van der Waals surface area contributed by atoms with Gasteiger partial charge in [-0.25, -0.2) is 0 Å². The minimum atomic E-state index is -0.459. The summed E-state index contributed by atoms with van der Waals surface area (Å²) in [6.45, 7) is 2.49. The van der Waals surface area contributed by atoms with Gasteiger partial charge in [0.05, 0.1) is 19.5 Å². The maximum absolute atomic E-state index is 12.6. The van der Waals surface area contributed by atoms with Crippen LogP contribution in [0.5, 0.6) is 11.5 Å². The highest BCUT2D eigenvalue weighted by Gasteiger charge is 2.13. The van der Waals surface area contributed by atoms with Gasteiger partial charge in [-0.3, -0.25) is 9.59 Å². The lowest BCUT2D eigenvalue weighted by atomic mass is 10.1. The van der Waals surface area contributed by atoms with Gasteiger partial charge in [-0.05, 0) is 36.8 Å². The third-order valence-corrected chi connectivity index (χ3v) is 5.16. The van der Waals surface area contributed by atoms with Crippen LogP contribution in [-0.4, -0.2) is 40.3 Å². The number of anilines is 1. The van der Waals surface area contributed by atoms with Crippen LogP contribution in [0.25, 0.3) is 0 Å². The number of rotatable bonds is 9. The molecular weight excluding hydrogens is 418 g/mol. The average Bonchev–Trinajstić information content (AvgIpc) is 2.78. The van der Waals surface area contributed by atoms with E-state index in [4.69, 9.17) is 15.3 Å². The number of hydrogen-bond donors (Lipinski definition) is 2. The molecule has 0 spiro atoms. The Labute approximate surface area is 183 Å². The molecule has 3 rings (SSSR count). The number of carbonyl (C=O) groups excluding carboxylic acids is 1. The van der Waals surface area contributed by atoms with Gasteiger partial charge in [0, 0.05) is 18.2 Å². The van der Waals surface area contributed by atoms with Gasteiger partial charge in [0.25, 0.3) is 5.56 Å². The van der Waals surface area contributed by atoms with Gasteiger partial charge in [-0.1, -0.05) is 30.0 Å². The lowest BCUT2D eigenvalue weighted by molar-refractivity contribution is -0.113. The smallest absolute Gasteiger partial charge is 0.294 e. The molecule has 10 heteroatoms. The average molecular weight is 442 g/mol. The van der Waals surface area contributed by atoms with E-state index in [1.807, 2.05) is 31.2 Å².